The van der Waals surface area contributed by atoms with Crippen molar-refractivity contribution in [3.63, 3.8) is 0 Å². The van der Waals surface area contributed by atoms with Crippen LogP contribution in [0, 0.1) is 0 Å². The first-order valence-corrected chi connectivity index (χ1v) is 10.3. The van der Waals surface area contributed by atoms with Crippen molar-refractivity contribution in [2.45, 2.75) is 19.6 Å². The molecule has 7 nitrogen and oxygen atoms in total. The Morgan fingerprint density at radius 2 is 1.78 bits per heavy atom. The van der Waals surface area contributed by atoms with Crippen LogP contribution in [-0.4, -0.2) is 22.2 Å². The lowest BCUT2D eigenvalue weighted by atomic mass is 10.1. The van der Waals surface area contributed by atoms with Crippen LogP contribution in [0.15, 0.2) is 77.3 Å². The van der Waals surface area contributed by atoms with Gasteiger partial charge in [0.1, 0.15) is 24.1 Å². The molecule has 0 saturated heterocycles. The van der Waals surface area contributed by atoms with Gasteiger partial charge in [-0.15, -0.1) is 0 Å². The van der Waals surface area contributed by atoms with Crippen molar-refractivity contribution < 1.29 is 18.8 Å². The van der Waals surface area contributed by atoms with E-state index in [0.29, 0.717) is 28.1 Å². The van der Waals surface area contributed by atoms with E-state index in [0.717, 1.165) is 16.9 Å². The molecule has 0 bridgehead atoms. The van der Waals surface area contributed by atoms with E-state index in [2.05, 4.69) is 10.1 Å². The summed E-state index contributed by atoms with van der Waals surface area (Å²) in [6, 6.07) is 21.4. The molecular formula is C24H20ClN3O4. The molecule has 162 valence electrons. The number of para-hydroxylation sites is 1. The highest BCUT2D eigenvalue weighted by Gasteiger charge is 2.15. The number of nitrogens with two attached hydrogens (primary N) is 1. The Morgan fingerprint density at radius 3 is 2.47 bits per heavy atom. The Hall–Kier alpha value is -3.68. The van der Waals surface area contributed by atoms with Crippen molar-refractivity contribution in [2.24, 2.45) is 5.73 Å². The quantitative estimate of drug-likeness (QED) is 0.385. The summed E-state index contributed by atoms with van der Waals surface area (Å²) in [4.78, 5) is 16.0. The van der Waals surface area contributed by atoms with Crippen LogP contribution in [0.1, 0.15) is 12.5 Å². The molecule has 2 N–H and O–H groups in total. The molecule has 4 rings (SSSR count). The zero-order chi connectivity index (χ0) is 22.5. The average molecular weight is 450 g/mol. The van der Waals surface area contributed by atoms with E-state index in [1.165, 1.54) is 0 Å². The first-order chi connectivity index (χ1) is 15.5. The van der Waals surface area contributed by atoms with Crippen molar-refractivity contribution in [1.82, 2.24) is 10.1 Å². The molecule has 0 radical (unpaired) electrons. The third-order valence-corrected chi connectivity index (χ3v) is 4.85. The van der Waals surface area contributed by atoms with Gasteiger partial charge in [-0.1, -0.05) is 41.0 Å². The van der Waals surface area contributed by atoms with Crippen LogP contribution < -0.4 is 10.5 Å². The predicted molar refractivity (Wildman–Crippen MR) is 120 cm³/mol. The second-order valence-electron chi connectivity index (χ2n) is 7.07. The molecular weight excluding hydrogens is 430 g/mol. The molecule has 1 heterocycles. The number of benzene rings is 3. The number of rotatable bonds is 7. The van der Waals surface area contributed by atoms with Crippen LogP contribution in [-0.2, 0) is 16.1 Å². The van der Waals surface area contributed by atoms with Gasteiger partial charge in [-0.2, -0.15) is 4.98 Å². The van der Waals surface area contributed by atoms with Crippen LogP contribution in [0.4, 0.5) is 0 Å². The number of carbonyl (C=O) groups excluding carboxylic acids is 1. The normalized spacial score (nSPS) is 11.7. The topological polar surface area (TPSA) is 100 Å². The number of hydrogen-bond acceptors (Lipinski definition) is 7. The van der Waals surface area contributed by atoms with E-state index >= 15 is 0 Å². The number of halogens is 1. The van der Waals surface area contributed by atoms with E-state index in [1.54, 1.807) is 25.1 Å². The van der Waals surface area contributed by atoms with Gasteiger partial charge >= 0.3 is 5.97 Å². The van der Waals surface area contributed by atoms with Crippen LogP contribution in [0.2, 0.25) is 5.02 Å². The van der Waals surface area contributed by atoms with Crippen molar-refractivity contribution in [2.75, 3.05) is 0 Å². The lowest BCUT2D eigenvalue weighted by Crippen LogP contribution is -2.28. The fraction of sp³-hybridized carbons (Fsp3) is 0.125. The fourth-order valence-corrected chi connectivity index (χ4v) is 3.14. The molecule has 0 unspecified atom stereocenters. The minimum absolute atomic E-state index is 0.0786. The summed E-state index contributed by atoms with van der Waals surface area (Å²) in [6.45, 7) is 1.64. The van der Waals surface area contributed by atoms with Gasteiger partial charge in [-0.25, -0.2) is 0 Å². The largest absolute Gasteiger partial charge is 0.460 e. The van der Waals surface area contributed by atoms with Gasteiger partial charge in [0.2, 0.25) is 5.82 Å². The van der Waals surface area contributed by atoms with Gasteiger partial charge < -0.3 is 19.7 Å². The number of aromatic nitrogens is 2. The number of nitrogens with zero attached hydrogens (tertiary/aromatic N) is 2. The molecule has 0 aliphatic carbocycles. The van der Waals surface area contributed by atoms with Gasteiger partial charge in [0.05, 0.1) is 5.02 Å². The fourth-order valence-electron chi connectivity index (χ4n) is 2.86. The van der Waals surface area contributed by atoms with Gasteiger partial charge in [0.25, 0.3) is 5.89 Å². The molecule has 0 aliphatic heterocycles. The second kappa shape index (κ2) is 9.64. The summed E-state index contributed by atoms with van der Waals surface area (Å²) in [5.74, 6) is 1.69. The first kappa shape index (κ1) is 21.5. The standard InChI is InChI=1S/C24H20ClN3O4/c1-15(26)24(29)30-14-16-7-12-20(21(25)13-16)22-27-23(32-28-22)17-8-10-19(11-9-17)31-18-5-3-2-4-6-18/h2-13,15H,14,26H2,1H3/t15-/m0/s1. The SMILES string of the molecule is C[C@H](N)C(=O)OCc1ccc(-c2noc(-c3ccc(Oc4ccccc4)cc3)n2)c(Cl)c1. The maximum atomic E-state index is 11.5. The zero-order valence-electron chi connectivity index (χ0n) is 17.2. The lowest BCUT2D eigenvalue weighted by Gasteiger charge is -2.08. The Morgan fingerprint density at radius 1 is 1.06 bits per heavy atom. The highest BCUT2D eigenvalue weighted by Crippen LogP contribution is 2.30. The third-order valence-electron chi connectivity index (χ3n) is 4.53. The summed E-state index contributed by atoms with van der Waals surface area (Å²) < 4.78 is 16.3. The predicted octanol–water partition coefficient (Wildman–Crippen LogP) is 5.24. The highest BCUT2D eigenvalue weighted by atomic mass is 35.5. The van der Waals surface area contributed by atoms with E-state index in [9.17, 15) is 4.79 Å². The van der Waals surface area contributed by atoms with Gasteiger partial charge in [0.15, 0.2) is 0 Å². The number of carbonyl (C=O) groups is 1. The Labute approximate surface area is 189 Å². The van der Waals surface area contributed by atoms with Crippen LogP contribution in [0.5, 0.6) is 11.5 Å². The number of ether oxygens (including phenoxy) is 2. The molecule has 3 aromatic carbocycles. The van der Waals surface area contributed by atoms with Gasteiger partial charge in [-0.3, -0.25) is 4.79 Å². The number of esters is 1. The molecule has 1 atom stereocenters. The molecule has 1 aromatic heterocycles. The third kappa shape index (κ3) is 5.14. The molecule has 0 fully saturated rings. The van der Waals surface area contributed by atoms with Gasteiger partial charge in [0, 0.05) is 11.1 Å². The molecule has 32 heavy (non-hydrogen) atoms. The van der Waals surface area contributed by atoms with Crippen molar-refractivity contribution in [3.05, 3.63) is 83.4 Å². The molecule has 0 spiro atoms. The minimum atomic E-state index is -0.679. The van der Waals surface area contributed by atoms with Crippen molar-refractivity contribution >= 4 is 17.6 Å². The Kier molecular flexibility index (Phi) is 6.49. The number of hydrogen-bond donors (Lipinski definition) is 1. The maximum Gasteiger partial charge on any atom is 0.322 e. The maximum absolute atomic E-state index is 11.5. The first-order valence-electron chi connectivity index (χ1n) is 9.87. The van der Waals surface area contributed by atoms with E-state index in [-0.39, 0.29) is 6.61 Å². The summed E-state index contributed by atoms with van der Waals surface area (Å²) >= 11 is 6.39. The molecule has 0 aliphatic rings. The van der Waals surface area contributed by atoms with Crippen LogP contribution in [0.3, 0.4) is 0 Å². The molecule has 8 heteroatoms. The van der Waals surface area contributed by atoms with E-state index < -0.39 is 12.0 Å². The molecule has 0 amide bonds. The summed E-state index contributed by atoms with van der Waals surface area (Å²) in [7, 11) is 0. The second-order valence-corrected chi connectivity index (χ2v) is 7.48. The van der Waals surface area contributed by atoms with Crippen LogP contribution in [0.25, 0.3) is 22.8 Å². The minimum Gasteiger partial charge on any atom is -0.460 e. The van der Waals surface area contributed by atoms with E-state index in [1.807, 2.05) is 54.6 Å². The van der Waals surface area contributed by atoms with Gasteiger partial charge in [-0.05, 0) is 61.0 Å². The van der Waals surface area contributed by atoms with E-state index in [4.69, 9.17) is 31.3 Å². The zero-order valence-corrected chi connectivity index (χ0v) is 18.0. The lowest BCUT2D eigenvalue weighted by molar-refractivity contribution is -0.146. The Bertz CT molecular complexity index is 1210. The summed E-state index contributed by atoms with van der Waals surface area (Å²) in [5.41, 5.74) is 7.57. The monoisotopic (exact) mass is 449 g/mol. The summed E-state index contributed by atoms with van der Waals surface area (Å²) in [5, 5.41) is 4.45. The van der Waals surface area contributed by atoms with Crippen LogP contribution >= 0.6 is 11.6 Å². The smallest absolute Gasteiger partial charge is 0.322 e. The highest BCUT2D eigenvalue weighted by molar-refractivity contribution is 6.33. The summed E-state index contributed by atoms with van der Waals surface area (Å²) in [6.07, 6.45) is 0. The van der Waals surface area contributed by atoms with Crippen molar-refractivity contribution in [1.29, 1.82) is 0 Å². The molecule has 4 aromatic rings. The van der Waals surface area contributed by atoms with Crippen molar-refractivity contribution in [3.8, 4) is 34.3 Å². The Balaban J connectivity index is 1.46. The average Bonchev–Trinajstić information content (AvgIpc) is 3.28. The molecule has 0 saturated carbocycles.